The molecule has 0 fully saturated rings. The SMILES string of the molecule is CCC[C@H](NC(=O)c1ccc(OC)nc1)C(=O)O. The molecule has 98 valence electrons. The van der Waals surface area contributed by atoms with Crippen molar-refractivity contribution in [2.75, 3.05) is 7.11 Å². The summed E-state index contributed by atoms with van der Waals surface area (Å²) in [7, 11) is 1.48. The molecule has 1 aromatic rings. The van der Waals surface area contributed by atoms with E-state index in [9.17, 15) is 9.59 Å². The van der Waals surface area contributed by atoms with Gasteiger partial charge in [-0.05, 0) is 12.5 Å². The van der Waals surface area contributed by atoms with Gasteiger partial charge in [0.2, 0.25) is 5.88 Å². The van der Waals surface area contributed by atoms with Crippen LogP contribution in [-0.4, -0.2) is 35.1 Å². The molecular weight excluding hydrogens is 236 g/mol. The summed E-state index contributed by atoms with van der Waals surface area (Å²) in [5.74, 6) is -1.09. The Kier molecular flexibility index (Phi) is 5.10. The Bertz CT molecular complexity index is 417. The van der Waals surface area contributed by atoms with Gasteiger partial charge < -0.3 is 15.2 Å². The molecule has 1 heterocycles. The first kappa shape index (κ1) is 14.0. The summed E-state index contributed by atoms with van der Waals surface area (Å²) in [4.78, 5) is 26.6. The molecule has 18 heavy (non-hydrogen) atoms. The molecule has 0 unspecified atom stereocenters. The van der Waals surface area contributed by atoms with E-state index in [4.69, 9.17) is 9.84 Å². The zero-order valence-corrected chi connectivity index (χ0v) is 10.3. The standard InChI is InChI=1S/C12H16N2O4/c1-3-4-9(12(16)17)14-11(15)8-5-6-10(18-2)13-7-8/h5-7,9H,3-4H2,1-2H3,(H,14,15)(H,16,17)/t9-/m0/s1. The highest BCUT2D eigenvalue weighted by molar-refractivity contribution is 5.96. The molecule has 0 saturated heterocycles. The molecule has 0 bridgehead atoms. The zero-order valence-electron chi connectivity index (χ0n) is 10.3. The van der Waals surface area contributed by atoms with Crippen LogP contribution in [0.5, 0.6) is 5.88 Å². The predicted molar refractivity (Wildman–Crippen MR) is 64.6 cm³/mol. The van der Waals surface area contributed by atoms with Crippen LogP contribution in [0.25, 0.3) is 0 Å². The second-order valence-electron chi connectivity index (χ2n) is 3.74. The van der Waals surface area contributed by atoms with Gasteiger partial charge in [0.15, 0.2) is 0 Å². The van der Waals surface area contributed by atoms with E-state index in [1.165, 1.54) is 19.4 Å². The smallest absolute Gasteiger partial charge is 0.326 e. The number of carbonyl (C=O) groups is 2. The average Bonchev–Trinajstić information content (AvgIpc) is 2.38. The van der Waals surface area contributed by atoms with Crippen molar-refractivity contribution >= 4 is 11.9 Å². The molecule has 0 aliphatic rings. The molecule has 0 saturated carbocycles. The van der Waals surface area contributed by atoms with Crippen LogP contribution in [0.2, 0.25) is 0 Å². The molecular formula is C12H16N2O4. The molecule has 0 radical (unpaired) electrons. The number of carboxylic acid groups (broad SMARTS) is 1. The maximum absolute atomic E-state index is 11.8. The van der Waals surface area contributed by atoms with E-state index in [2.05, 4.69) is 10.3 Å². The number of methoxy groups -OCH3 is 1. The third-order valence-corrected chi connectivity index (χ3v) is 2.39. The molecule has 6 heteroatoms. The van der Waals surface area contributed by atoms with Crippen molar-refractivity contribution in [2.45, 2.75) is 25.8 Å². The Hall–Kier alpha value is -2.11. The first-order chi connectivity index (χ1) is 8.58. The Morgan fingerprint density at radius 2 is 2.22 bits per heavy atom. The van der Waals surface area contributed by atoms with E-state index in [0.717, 1.165) is 0 Å². The van der Waals surface area contributed by atoms with Crippen molar-refractivity contribution in [3.63, 3.8) is 0 Å². The van der Waals surface area contributed by atoms with Crippen molar-refractivity contribution in [3.8, 4) is 5.88 Å². The van der Waals surface area contributed by atoms with Crippen LogP contribution in [0.3, 0.4) is 0 Å². The van der Waals surface area contributed by atoms with Crippen molar-refractivity contribution in [3.05, 3.63) is 23.9 Å². The first-order valence-electron chi connectivity index (χ1n) is 5.62. The van der Waals surface area contributed by atoms with Gasteiger partial charge in [0.25, 0.3) is 5.91 Å². The fourth-order valence-corrected chi connectivity index (χ4v) is 1.42. The number of ether oxygens (including phenoxy) is 1. The van der Waals surface area contributed by atoms with Crippen LogP contribution in [0.15, 0.2) is 18.3 Å². The van der Waals surface area contributed by atoms with Crippen LogP contribution in [0.1, 0.15) is 30.1 Å². The Morgan fingerprint density at radius 3 is 2.67 bits per heavy atom. The number of pyridine rings is 1. The van der Waals surface area contributed by atoms with Crippen molar-refractivity contribution in [1.82, 2.24) is 10.3 Å². The average molecular weight is 252 g/mol. The Labute approximate surface area is 105 Å². The molecule has 1 atom stereocenters. The van der Waals surface area contributed by atoms with E-state index in [0.29, 0.717) is 24.3 Å². The highest BCUT2D eigenvalue weighted by atomic mass is 16.5. The van der Waals surface area contributed by atoms with Gasteiger partial charge in [-0.15, -0.1) is 0 Å². The van der Waals surface area contributed by atoms with Gasteiger partial charge in [-0.1, -0.05) is 13.3 Å². The third kappa shape index (κ3) is 3.73. The Balaban J connectivity index is 2.70. The summed E-state index contributed by atoms with van der Waals surface area (Å²) < 4.78 is 4.87. The molecule has 0 spiro atoms. The number of nitrogens with one attached hydrogen (secondary N) is 1. The lowest BCUT2D eigenvalue weighted by Gasteiger charge is -2.13. The van der Waals surface area contributed by atoms with E-state index < -0.39 is 17.9 Å². The lowest BCUT2D eigenvalue weighted by atomic mass is 10.1. The first-order valence-corrected chi connectivity index (χ1v) is 5.62. The minimum Gasteiger partial charge on any atom is -0.481 e. The second-order valence-corrected chi connectivity index (χ2v) is 3.74. The number of amides is 1. The summed E-state index contributed by atoms with van der Waals surface area (Å²) in [5.41, 5.74) is 0.304. The summed E-state index contributed by atoms with van der Waals surface area (Å²) in [5, 5.41) is 11.4. The van der Waals surface area contributed by atoms with Crippen LogP contribution in [0.4, 0.5) is 0 Å². The van der Waals surface area contributed by atoms with E-state index in [1.54, 1.807) is 6.07 Å². The monoisotopic (exact) mass is 252 g/mol. The highest BCUT2D eigenvalue weighted by Crippen LogP contribution is 2.07. The van der Waals surface area contributed by atoms with Gasteiger partial charge in [0, 0.05) is 12.3 Å². The number of aliphatic carboxylic acids is 1. The lowest BCUT2D eigenvalue weighted by molar-refractivity contribution is -0.139. The predicted octanol–water partition coefficient (Wildman–Crippen LogP) is 1.07. The summed E-state index contributed by atoms with van der Waals surface area (Å²) in [6, 6.07) is 2.21. The molecule has 1 amide bonds. The number of carboxylic acids is 1. The number of rotatable bonds is 6. The normalized spacial score (nSPS) is 11.7. The molecule has 2 N–H and O–H groups in total. The summed E-state index contributed by atoms with van der Waals surface area (Å²) >= 11 is 0. The Morgan fingerprint density at radius 1 is 1.50 bits per heavy atom. The van der Waals surface area contributed by atoms with Crippen LogP contribution in [0, 0.1) is 0 Å². The van der Waals surface area contributed by atoms with E-state index in [1.807, 2.05) is 6.92 Å². The topological polar surface area (TPSA) is 88.5 Å². The molecule has 0 aliphatic heterocycles. The van der Waals surface area contributed by atoms with Gasteiger partial charge in [-0.3, -0.25) is 4.79 Å². The molecule has 1 rings (SSSR count). The summed E-state index contributed by atoms with van der Waals surface area (Å²) in [6.07, 6.45) is 2.42. The minimum absolute atomic E-state index is 0.304. The maximum atomic E-state index is 11.8. The largest absolute Gasteiger partial charge is 0.481 e. The van der Waals surface area contributed by atoms with Crippen molar-refractivity contribution in [1.29, 1.82) is 0 Å². The quantitative estimate of drug-likeness (QED) is 0.790. The molecule has 1 aromatic heterocycles. The maximum Gasteiger partial charge on any atom is 0.326 e. The second kappa shape index (κ2) is 6.58. The van der Waals surface area contributed by atoms with E-state index >= 15 is 0 Å². The summed E-state index contributed by atoms with van der Waals surface area (Å²) in [6.45, 7) is 1.86. The number of carbonyl (C=O) groups excluding carboxylic acids is 1. The number of hydrogen-bond donors (Lipinski definition) is 2. The molecule has 6 nitrogen and oxygen atoms in total. The van der Waals surface area contributed by atoms with Crippen molar-refractivity contribution in [2.24, 2.45) is 0 Å². The van der Waals surface area contributed by atoms with Crippen molar-refractivity contribution < 1.29 is 19.4 Å². The van der Waals surface area contributed by atoms with Gasteiger partial charge in [-0.2, -0.15) is 0 Å². The fraction of sp³-hybridized carbons (Fsp3) is 0.417. The number of hydrogen-bond acceptors (Lipinski definition) is 4. The van der Waals surface area contributed by atoms with Crippen LogP contribution in [-0.2, 0) is 4.79 Å². The van der Waals surface area contributed by atoms with Gasteiger partial charge in [-0.25, -0.2) is 9.78 Å². The third-order valence-electron chi connectivity index (χ3n) is 2.39. The van der Waals surface area contributed by atoms with Gasteiger partial charge in [0.05, 0.1) is 12.7 Å². The van der Waals surface area contributed by atoms with E-state index in [-0.39, 0.29) is 0 Å². The van der Waals surface area contributed by atoms with Gasteiger partial charge in [0.1, 0.15) is 6.04 Å². The fourth-order valence-electron chi connectivity index (χ4n) is 1.42. The van der Waals surface area contributed by atoms with Crippen LogP contribution < -0.4 is 10.1 Å². The number of aromatic nitrogens is 1. The van der Waals surface area contributed by atoms with Gasteiger partial charge >= 0.3 is 5.97 Å². The number of nitrogens with zero attached hydrogens (tertiary/aromatic N) is 1. The zero-order chi connectivity index (χ0) is 13.5. The lowest BCUT2D eigenvalue weighted by Crippen LogP contribution is -2.40. The minimum atomic E-state index is -1.04. The molecule has 0 aliphatic carbocycles. The highest BCUT2D eigenvalue weighted by Gasteiger charge is 2.19. The molecule has 0 aromatic carbocycles. The van der Waals surface area contributed by atoms with Crippen LogP contribution >= 0.6 is 0 Å².